The van der Waals surface area contributed by atoms with E-state index < -0.39 is 0 Å². The molecule has 1 nitrogen and oxygen atoms in total. The molecule has 0 radical (unpaired) electrons. The van der Waals surface area contributed by atoms with Crippen molar-refractivity contribution in [2.75, 3.05) is 5.75 Å². The van der Waals surface area contributed by atoms with Crippen LogP contribution in [-0.4, -0.2) is 11.5 Å². The molecule has 0 spiro atoms. The van der Waals surface area contributed by atoms with Gasteiger partial charge >= 0.3 is 0 Å². The van der Waals surface area contributed by atoms with E-state index in [4.69, 9.17) is 0 Å². The molecule has 0 saturated carbocycles. The first kappa shape index (κ1) is 13.2. The molecular formula is C16H18OS. The van der Waals surface area contributed by atoms with Gasteiger partial charge in [0.15, 0.2) is 5.78 Å². The van der Waals surface area contributed by atoms with Crippen LogP contribution in [-0.2, 0) is 4.79 Å². The zero-order valence-electron chi connectivity index (χ0n) is 11.1. The van der Waals surface area contributed by atoms with Gasteiger partial charge in [0.25, 0.3) is 0 Å². The number of benzene rings is 1. The lowest BCUT2D eigenvalue weighted by molar-refractivity contribution is -0.119. The van der Waals surface area contributed by atoms with Crippen LogP contribution >= 0.6 is 11.8 Å². The lowest BCUT2D eigenvalue weighted by Crippen LogP contribution is -2.11. The molecule has 1 aliphatic heterocycles. The summed E-state index contributed by atoms with van der Waals surface area (Å²) in [6, 6.07) is 8.19. The largest absolute Gasteiger partial charge is 0.298 e. The van der Waals surface area contributed by atoms with Gasteiger partial charge in [-0.3, -0.25) is 4.79 Å². The monoisotopic (exact) mass is 258 g/mol. The molecule has 1 aromatic rings. The van der Waals surface area contributed by atoms with Gasteiger partial charge in [0.05, 0.1) is 12.3 Å². The van der Waals surface area contributed by atoms with Crippen molar-refractivity contribution in [3.05, 3.63) is 29.8 Å². The molecule has 1 heterocycles. The summed E-state index contributed by atoms with van der Waals surface area (Å²) in [5.41, 5.74) is 1.16. The second kappa shape index (κ2) is 5.20. The summed E-state index contributed by atoms with van der Waals surface area (Å²) in [7, 11) is 0. The van der Waals surface area contributed by atoms with Crippen LogP contribution in [0, 0.1) is 17.3 Å². The first-order chi connectivity index (χ1) is 8.47. The van der Waals surface area contributed by atoms with E-state index in [0.29, 0.717) is 6.42 Å². The zero-order chi connectivity index (χ0) is 13.2. The van der Waals surface area contributed by atoms with E-state index in [9.17, 15) is 4.79 Å². The van der Waals surface area contributed by atoms with Gasteiger partial charge in [-0.2, -0.15) is 0 Å². The van der Waals surface area contributed by atoms with Gasteiger partial charge in [-0.1, -0.05) is 30.0 Å². The number of hydrogen-bond acceptors (Lipinski definition) is 2. The fraction of sp³-hybridized carbons (Fsp3) is 0.438. The Kier molecular flexibility index (Phi) is 3.82. The third kappa shape index (κ3) is 3.17. The van der Waals surface area contributed by atoms with Crippen molar-refractivity contribution in [2.45, 2.75) is 38.0 Å². The van der Waals surface area contributed by atoms with Crippen molar-refractivity contribution in [1.29, 1.82) is 0 Å². The number of ketones is 1. The van der Waals surface area contributed by atoms with Crippen molar-refractivity contribution in [3.8, 4) is 11.8 Å². The van der Waals surface area contributed by atoms with E-state index in [2.05, 4.69) is 44.7 Å². The van der Waals surface area contributed by atoms with Gasteiger partial charge in [0.1, 0.15) is 0 Å². The van der Waals surface area contributed by atoms with Gasteiger partial charge in [-0.05, 0) is 32.4 Å². The standard InChI is InChI=1S/C16H18OS/c1-16(2,3)10-6-8-14(17)13-11-18-15-9-5-4-7-12(13)15/h4-5,7,9,13H,8,11H2,1-3H3. The van der Waals surface area contributed by atoms with E-state index in [-0.39, 0.29) is 17.1 Å². The molecule has 0 bridgehead atoms. The second-order valence-electron chi connectivity index (χ2n) is 5.60. The maximum Gasteiger partial charge on any atom is 0.153 e. The fourth-order valence-corrected chi connectivity index (χ4v) is 3.21. The van der Waals surface area contributed by atoms with Gasteiger partial charge in [-0.15, -0.1) is 11.8 Å². The highest BCUT2D eigenvalue weighted by atomic mass is 32.2. The van der Waals surface area contributed by atoms with Crippen molar-refractivity contribution in [2.24, 2.45) is 5.41 Å². The second-order valence-corrected chi connectivity index (χ2v) is 6.66. The highest BCUT2D eigenvalue weighted by Crippen LogP contribution is 2.40. The average molecular weight is 258 g/mol. The number of hydrogen-bond donors (Lipinski definition) is 0. The van der Waals surface area contributed by atoms with Crippen LogP contribution in [0.2, 0.25) is 0 Å². The quantitative estimate of drug-likeness (QED) is 0.749. The molecule has 0 aliphatic carbocycles. The van der Waals surface area contributed by atoms with Gasteiger partial charge < -0.3 is 0 Å². The Labute approximate surface area is 113 Å². The number of carbonyl (C=O) groups is 1. The summed E-state index contributed by atoms with van der Waals surface area (Å²) < 4.78 is 0. The molecule has 0 amide bonds. The summed E-state index contributed by atoms with van der Waals surface area (Å²) in [6.45, 7) is 6.18. The molecule has 0 aromatic heterocycles. The Morgan fingerprint density at radius 3 is 2.83 bits per heavy atom. The van der Waals surface area contributed by atoms with Gasteiger partial charge in [-0.25, -0.2) is 0 Å². The smallest absolute Gasteiger partial charge is 0.153 e. The minimum atomic E-state index is -0.0252. The highest BCUT2D eigenvalue weighted by molar-refractivity contribution is 7.99. The van der Waals surface area contributed by atoms with Crippen LogP contribution in [0.5, 0.6) is 0 Å². The van der Waals surface area contributed by atoms with E-state index in [1.54, 1.807) is 11.8 Å². The van der Waals surface area contributed by atoms with Gasteiger partial charge in [0.2, 0.25) is 0 Å². The van der Waals surface area contributed by atoms with Crippen LogP contribution in [0.25, 0.3) is 0 Å². The summed E-state index contributed by atoms with van der Waals surface area (Å²) >= 11 is 1.77. The van der Waals surface area contributed by atoms with Crippen LogP contribution in [0.15, 0.2) is 29.2 Å². The van der Waals surface area contributed by atoms with E-state index in [0.717, 1.165) is 5.75 Å². The fourth-order valence-electron chi connectivity index (χ4n) is 1.95. The number of Topliss-reactive ketones (excluding diaryl/α,β-unsaturated/α-hetero) is 1. The summed E-state index contributed by atoms with van der Waals surface area (Å²) in [5.74, 6) is 7.31. The van der Waals surface area contributed by atoms with Crippen LogP contribution in [0.3, 0.4) is 0 Å². The van der Waals surface area contributed by atoms with Crippen molar-refractivity contribution in [3.63, 3.8) is 0 Å². The topological polar surface area (TPSA) is 17.1 Å². The third-order valence-corrected chi connectivity index (χ3v) is 4.00. The summed E-state index contributed by atoms with van der Waals surface area (Å²) in [4.78, 5) is 13.4. The number of thioether (sulfide) groups is 1. The van der Waals surface area contributed by atoms with Crippen molar-refractivity contribution in [1.82, 2.24) is 0 Å². The number of carbonyl (C=O) groups excluding carboxylic acids is 1. The molecule has 1 aromatic carbocycles. The summed E-state index contributed by atoms with van der Waals surface area (Å²) in [6.07, 6.45) is 0.372. The highest BCUT2D eigenvalue weighted by Gasteiger charge is 2.27. The number of fused-ring (bicyclic) bond motifs is 1. The van der Waals surface area contributed by atoms with E-state index >= 15 is 0 Å². The lowest BCUT2D eigenvalue weighted by atomic mass is 9.94. The Hall–Kier alpha value is -1.20. The first-order valence-corrected chi connectivity index (χ1v) is 7.20. The average Bonchev–Trinajstić information content (AvgIpc) is 2.70. The predicted molar refractivity (Wildman–Crippen MR) is 76.8 cm³/mol. The minimum Gasteiger partial charge on any atom is -0.298 e. The molecular weight excluding hydrogens is 240 g/mol. The van der Waals surface area contributed by atoms with E-state index in [1.165, 1.54) is 10.5 Å². The molecule has 2 rings (SSSR count). The maximum atomic E-state index is 12.2. The van der Waals surface area contributed by atoms with Crippen molar-refractivity contribution >= 4 is 17.5 Å². The molecule has 0 saturated heterocycles. The number of rotatable bonds is 2. The molecule has 0 fully saturated rings. The Morgan fingerprint density at radius 2 is 2.11 bits per heavy atom. The predicted octanol–water partition coefficient (Wildman–Crippen LogP) is 3.88. The molecule has 18 heavy (non-hydrogen) atoms. The molecule has 1 atom stereocenters. The summed E-state index contributed by atoms with van der Waals surface area (Å²) in [5, 5.41) is 0. The van der Waals surface area contributed by atoms with E-state index in [1.807, 2.05) is 12.1 Å². The van der Waals surface area contributed by atoms with Crippen LogP contribution in [0.1, 0.15) is 38.7 Å². The Bertz CT molecular complexity index is 514. The third-order valence-electron chi connectivity index (χ3n) is 2.81. The van der Waals surface area contributed by atoms with Gasteiger partial charge in [0, 0.05) is 16.1 Å². The molecule has 94 valence electrons. The van der Waals surface area contributed by atoms with Crippen molar-refractivity contribution < 1.29 is 4.79 Å². The molecule has 0 N–H and O–H groups in total. The SMILES string of the molecule is CC(C)(C)C#CCC(=O)C1CSc2ccccc21. The zero-order valence-corrected chi connectivity index (χ0v) is 11.9. The lowest BCUT2D eigenvalue weighted by Gasteiger charge is -2.08. The maximum absolute atomic E-state index is 12.2. The molecule has 1 aliphatic rings. The minimum absolute atomic E-state index is 0.0252. The first-order valence-electron chi connectivity index (χ1n) is 6.22. The Balaban J connectivity index is 2.06. The van der Waals surface area contributed by atoms with Crippen LogP contribution in [0.4, 0.5) is 0 Å². The normalized spacial score (nSPS) is 17.8. The molecule has 1 unspecified atom stereocenters. The Morgan fingerprint density at radius 1 is 1.39 bits per heavy atom. The van der Waals surface area contributed by atoms with Crippen LogP contribution < -0.4 is 0 Å². The molecule has 2 heteroatoms.